The van der Waals surface area contributed by atoms with E-state index in [1.165, 1.54) is 25.3 Å². The molecule has 0 spiro atoms. The van der Waals surface area contributed by atoms with E-state index in [-0.39, 0.29) is 59.9 Å². The molecule has 35 heteroatoms. The van der Waals surface area contributed by atoms with Gasteiger partial charge in [0, 0.05) is 93.2 Å². The van der Waals surface area contributed by atoms with Gasteiger partial charge >= 0.3 is 0 Å². The first-order valence-corrected chi connectivity index (χ1v) is 43.2. The molecule has 0 saturated carbocycles. The van der Waals surface area contributed by atoms with Gasteiger partial charge in [-0.25, -0.2) is 59.8 Å². The van der Waals surface area contributed by atoms with Crippen LogP contribution in [0.2, 0.25) is 15.1 Å². The summed E-state index contributed by atoms with van der Waals surface area (Å²) < 4.78 is 21.5. The van der Waals surface area contributed by atoms with E-state index >= 15 is 0 Å². The number of morpholine rings is 3. The first-order valence-electron chi connectivity index (χ1n) is 42.1. The maximum Gasteiger partial charge on any atom is 0.273 e. The maximum atomic E-state index is 13.6. The van der Waals surface area contributed by atoms with Crippen LogP contribution in [-0.4, -0.2) is 228 Å². The van der Waals surface area contributed by atoms with Crippen molar-refractivity contribution in [2.45, 2.75) is 77.8 Å². The molecular weight excluding hydrogens is 1700 g/mol. The van der Waals surface area contributed by atoms with Gasteiger partial charge in [0.15, 0.2) is 23.3 Å². The van der Waals surface area contributed by atoms with Crippen LogP contribution in [0.1, 0.15) is 130 Å². The zero-order valence-electron chi connectivity index (χ0n) is 71.8. The topological polar surface area (TPSA) is 373 Å². The van der Waals surface area contributed by atoms with Crippen molar-refractivity contribution in [1.29, 1.82) is 0 Å². The number of anilines is 4. The van der Waals surface area contributed by atoms with E-state index in [2.05, 4.69) is 81.1 Å². The number of halogens is 3. The smallest absolute Gasteiger partial charge is 0.273 e. The summed E-state index contributed by atoms with van der Waals surface area (Å²) in [6.07, 6.45) is 12.8. The minimum atomic E-state index is -0.255. The fraction of sp³-hybridized carbons (Fsp3) is 0.277. The number of amides is 4. The Morgan fingerprint density at radius 1 is 0.411 bits per heavy atom. The summed E-state index contributed by atoms with van der Waals surface area (Å²) >= 11 is 19.5. The second-order valence-electron chi connectivity index (χ2n) is 31.1. The lowest BCUT2D eigenvalue weighted by Crippen LogP contribution is -2.47. The number of nitrogens with zero attached hydrogens (tertiary/aromatic N) is 20. The number of pyridine rings is 8. The van der Waals surface area contributed by atoms with E-state index in [4.69, 9.17) is 73.7 Å². The standard InChI is InChI=1S/2C24H23ClN6O2.C23H23ClN6O2.C23H22N6O2/c2*1-14-12-33-10-9-31(14)24(32)22-20-16(5-3-6-17(20)25)11-19(30-22)15(2)29-23-21-18(27-13-28-23)7-4-8-26-21;1-14(28-22-20-17(26-13-27-22)8-5-9-25-20)18-12-15-6-4-7-16(24)19(15)21(29-18)23(31)30(2)10-11-32-3;1-15(27-22-21-18(25-14-26-22)7-4-8-24-21)19-13-16-5-2-3-6-17(16)20(28-19)23(30)29-9-11-31-12-10-29/h2*3-8,11,13-15H,9-10,12H2,1-2H3,(H,27,28,29);4-9,12-14H,10-11H2,1-3H3,(H,26,27,28);2-8,13-15H,9-12H2,1H3,(H,25,26,27)/t14-,15+;14-,15-;14-;15-/m1000/s1. The molecule has 0 radical (unpaired) electrons. The molecule has 32 nitrogen and oxygen atoms in total. The Kier molecular flexibility index (Phi) is 27.8. The molecule has 4 amide bonds. The van der Waals surface area contributed by atoms with Crippen LogP contribution in [0.4, 0.5) is 23.3 Å². The molecular formula is C94H91Cl3N24O8. The third-order valence-electron chi connectivity index (χ3n) is 22.3. The van der Waals surface area contributed by atoms with Crippen LogP contribution in [0.25, 0.3) is 87.2 Å². The number of hydrogen-bond donors (Lipinski definition) is 4. The van der Waals surface area contributed by atoms with Gasteiger partial charge in [0.2, 0.25) is 0 Å². The second kappa shape index (κ2) is 40.5. The predicted molar refractivity (Wildman–Crippen MR) is 498 cm³/mol. The van der Waals surface area contributed by atoms with Crippen LogP contribution >= 0.6 is 34.8 Å². The van der Waals surface area contributed by atoms with E-state index in [0.29, 0.717) is 195 Å². The lowest BCUT2D eigenvalue weighted by atomic mass is 10.0. The molecule has 0 aliphatic carbocycles. The van der Waals surface area contributed by atoms with Gasteiger partial charge in [-0.15, -0.1) is 0 Å². The maximum absolute atomic E-state index is 13.6. The Labute approximate surface area is 756 Å². The van der Waals surface area contributed by atoms with E-state index < -0.39 is 0 Å². The number of likely N-dealkylation sites (N-methyl/N-ethyl adjacent to an activating group) is 1. The molecule has 16 aromatic rings. The van der Waals surface area contributed by atoms with Crippen molar-refractivity contribution in [3.8, 4) is 0 Å². The molecule has 0 unspecified atom stereocenters. The lowest BCUT2D eigenvalue weighted by molar-refractivity contribution is 0.00324. The van der Waals surface area contributed by atoms with Crippen LogP contribution in [0, 0.1) is 0 Å². The Hall–Kier alpha value is -13.7. The summed E-state index contributed by atoms with van der Waals surface area (Å²) in [5.41, 5.74) is 10.0. The molecule has 129 heavy (non-hydrogen) atoms. The molecule has 3 aliphatic rings. The van der Waals surface area contributed by atoms with E-state index in [1.54, 1.807) is 71.8 Å². The number of carbonyl (C=O) groups is 4. The van der Waals surface area contributed by atoms with Crippen molar-refractivity contribution >= 4 is 169 Å². The van der Waals surface area contributed by atoms with Crippen LogP contribution < -0.4 is 21.3 Å². The second-order valence-corrected chi connectivity index (χ2v) is 32.3. The lowest BCUT2D eigenvalue weighted by Gasteiger charge is -2.33. The number of fused-ring (bicyclic) bond motifs is 8. The molecule has 4 aromatic carbocycles. The van der Waals surface area contributed by atoms with Crippen molar-refractivity contribution in [2.75, 3.05) is 114 Å². The highest BCUT2D eigenvalue weighted by atomic mass is 35.5. The third-order valence-corrected chi connectivity index (χ3v) is 23.3. The van der Waals surface area contributed by atoms with Crippen LogP contribution in [-0.2, 0) is 18.9 Å². The van der Waals surface area contributed by atoms with Gasteiger partial charge in [-0.1, -0.05) is 95.5 Å². The van der Waals surface area contributed by atoms with Crippen LogP contribution in [0.5, 0.6) is 0 Å². The van der Waals surface area contributed by atoms with E-state index in [9.17, 15) is 19.2 Å². The number of carbonyl (C=O) groups excluding carboxylic acids is 4. The fourth-order valence-electron chi connectivity index (χ4n) is 15.5. The average molecular weight is 1790 g/mol. The Morgan fingerprint density at radius 2 is 0.752 bits per heavy atom. The van der Waals surface area contributed by atoms with Gasteiger partial charge in [-0.3, -0.25) is 39.1 Å². The van der Waals surface area contributed by atoms with Gasteiger partial charge in [0.25, 0.3) is 23.6 Å². The average Bonchev–Trinajstić information content (AvgIpc) is 0.775. The number of methoxy groups -OCH3 is 1. The number of nitrogens with one attached hydrogen (secondary N) is 4. The quantitative estimate of drug-likeness (QED) is 0.0584. The van der Waals surface area contributed by atoms with Crippen molar-refractivity contribution in [2.24, 2.45) is 0 Å². The molecule has 15 heterocycles. The van der Waals surface area contributed by atoms with Gasteiger partial charge in [-0.05, 0) is 154 Å². The predicted octanol–water partition coefficient (Wildman–Crippen LogP) is 15.9. The largest absolute Gasteiger partial charge is 0.383 e. The molecule has 19 rings (SSSR count). The molecule has 3 saturated heterocycles. The summed E-state index contributed by atoms with van der Waals surface area (Å²) in [5.74, 6) is 1.87. The molecule has 656 valence electrons. The summed E-state index contributed by atoms with van der Waals surface area (Å²) in [6.45, 7) is 18.0. The zero-order valence-corrected chi connectivity index (χ0v) is 74.1. The number of ether oxygens (including phenoxy) is 4. The van der Waals surface area contributed by atoms with E-state index in [0.717, 1.165) is 54.7 Å². The van der Waals surface area contributed by atoms with Crippen molar-refractivity contribution in [1.82, 2.24) is 99.3 Å². The molecule has 4 N–H and O–H groups in total. The summed E-state index contributed by atoms with van der Waals surface area (Å²) in [6, 6.07) is 46.3. The summed E-state index contributed by atoms with van der Waals surface area (Å²) in [4.78, 5) is 132. The van der Waals surface area contributed by atoms with Crippen LogP contribution in [0.15, 0.2) is 202 Å². The number of hydrogen-bond acceptors (Lipinski definition) is 28. The zero-order chi connectivity index (χ0) is 89.8. The van der Waals surface area contributed by atoms with Gasteiger partial charge < -0.3 is 59.8 Å². The Balaban J connectivity index is 0.000000126. The summed E-state index contributed by atoms with van der Waals surface area (Å²) in [5, 5.41) is 21.3. The molecule has 3 aliphatic heterocycles. The summed E-state index contributed by atoms with van der Waals surface area (Å²) in [7, 11) is 3.32. The minimum Gasteiger partial charge on any atom is -0.383 e. The molecule has 6 atom stereocenters. The van der Waals surface area contributed by atoms with E-state index in [1.807, 2.05) is 180 Å². The van der Waals surface area contributed by atoms with Crippen molar-refractivity contribution < 1.29 is 38.1 Å². The number of benzene rings is 4. The Morgan fingerprint density at radius 3 is 1.13 bits per heavy atom. The highest BCUT2D eigenvalue weighted by Gasteiger charge is 2.33. The molecule has 12 aromatic heterocycles. The highest BCUT2D eigenvalue weighted by Crippen LogP contribution is 2.37. The Bertz CT molecular complexity index is 6620. The third kappa shape index (κ3) is 19.9. The highest BCUT2D eigenvalue weighted by molar-refractivity contribution is 6.38. The van der Waals surface area contributed by atoms with Gasteiger partial charge in [-0.2, -0.15) is 0 Å². The molecule has 0 bridgehead atoms. The minimum absolute atomic E-state index is 0.0387. The SMILES string of the molecule is COCCN(C)C(=O)c1nc([C@H](C)Nc2ncnc3cccnc23)cc2cccc(Cl)c12.C[C@H](Nc1ncnc2cccnc12)c1cc2cccc(Cl)c2c(C(=O)N2CCOC[C@@H]2C)n1.C[C@H](Nc1ncnc2cccnc12)c1cc2cccc(Cl)c2c(C(=O)N2CCOC[C@H]2C)n1.C[C@H](Nc1ncnc2cccnc12)c1cc2ccccc2c(C(=O)N2CCOCC2)n1. The van der Waals surface area contributed by atoms with Crippen LogP contribution in [0.3, 0.4) is 0 Å². The van der Waals surface area contributed by atoms with Gasteiger partial charge in [0.1, 0.15) is 70.2 Å². The number of rotatable bonds is 19. The first kappa shape index (κ1) is 88.7. The monoisotopic (exact) mass is 1790 g/mol. The normalized spacial score (nSPS) is 15.5. The van der Waals surface area contributed by atoms with Crippen molar-refractivity contribution in [3.63, 3.8) is 0 Å². The number of aromatic nitrogens is 16. The molecule has 3 fully saturated rings. The first-order chi connectivity index (χ1) is 62.7. The van der Waals surface area contributed by atoms with Crippen molar-refractivity contribution in [3.05, 3.63) is 262 Å². The van der Waals surface area contributed by atoms with Gasteiger partial charge in [0.05, 0.1) is 142 Å². The fourth-order valence-corrected chi connectivity index (χ4v) is 16.3.